The van der Waals surface area contributed by atoms with E-state index in [0.717, 1.165) is 19.3 Å². The minimum atomic E-state index is -1.93. The van der Waals surface area contributed by atoms with Gasteiger partial charge in [0.15, 0.2) is 8.32 Å². The Morgan fingerprint density at radius 3 is 2.28 bits per heavy atom. The Labute approximate surface area is 155 Å². The summed E-state index contributed by atoms with van der Waals surface area (Å²) in [5.41, 5.74) is -0.508. The minimum Gasteiger partial charge on any atom is -0.444 e. The number of amides is 1. The van der Waals surface area contributed by atoms with Gasteiger partial charge in [0.05, 0.1) is 12.1 Å². The molecule has 148 valence electrons. The van der Waals surface area contributed by atoms with Crippen LogP contribution in [-0.4, -0.2) is 55.3 Å². The molecule has 5 nitrogen and oxygen atoms in total. The van der Waals surface area contributed by atoms with Gasteiger partial charge in [0.1, 0.15) is 5.60 Å². The highest BCUT2D eigenvalue weighted by Crippen LogP contribution is 2.39. The quantitative estimate of drug-likeness (QED) is 0.718. The Bertz CT molecular complexity index is 440. The van der Waals surface area contributed by atoms with Gasteiger partial charge in [-0.15, -0.1) is 0 Å². The number of hydrogen-bond acceptors (Lipinski definition) is 4. The molecule has 0 spiro atoms. The van der Waals surface area contributed by atoms with E-state index in [0.29, 0.717) is 13.0 Å². The van der Waals surface area contributed by atoms with Crippen LogP contribution in [0.3, 0.4) is 0 Å². The molecule has 25 heavy (non-hydrogen) atoms. The van der Waals surface area contributed by atoms with Crippen molar-refractivity contribution in [3.63, 3.8) is 0 Å². The predicted octanol–water partition coefficient (Wildman–Crippen LogP) is 4.55. The summed E-state index contributed by atoms with van der Waals surface area (Å²) in [6, 6.07) is -0.0233. The number of likely N-dealkylation sites (tertiary alicyclic amines) is 1. The van der Waals surface area contributed by atoms with Gasteiger partial charge in [0.2, 0.25) is 0 Å². The molecule has 0 aromatic rings. The number of hydrogen-bond donors (Lipinski definition) is 1. The van der Waals surface area contributed by atoms with E-state index in [1.165, 1.54) is 0 Å². The van der Waals surface area contributed by atoms with Crippen molar-refractivity contribution in [3.8, 4) is 0 Å². The lowest BCUT2D eigenvalue weighted by Gasteiger charge is -2.46. The number of ether oxygens (including phenoxy) is 1. The predicted molar refractivity (Wildman–Crippen MR) is 104 cm³/mol. The summed E-state index contributed by atoms with van der Waals surface area (Å²) in [5.74, 6) is 0. The zero-order chi connectivity index (χ0) is 19.5. The van der Waals surface area contributed by atoms with E-state index in [-0.39, 0.29) is 29.9 Å². The van der Waals surface area contributed by atoms with Gasteiger partial charge in [0, 0.05) is 13.2 Å². The van der Waals surface area contributed by atoms with E-state index >= 15 is 0 Å². The molecule has 0 saturated carbocycles. The summed E-state index contributed by atoms with van der Waals surface area (Å²) >= 11 is 0. The number of piperidine rings is 1. The van der Waals surface area contributed by atoms with E-state index in [1.54, 1.807) is 0 Å². The van der Waals surface area contributed by atoms with E-state index in [4.69, 9.17) is 9.16 Å². The minimum absolute atomic E-state index is 0.0220. The summed E-state index contributed by atoms with van der Waals surface area (Å²) < 4.78 is 12.3. The first-order chi connectivity index (χ1) is 11.3. The molecule has 1 amide bonds. The molecular formula is C19H39NO4Si. The van der Waals surface area contributed by atoms with Crippen molar-refractivity contribution in [1.29, 1.82) is 0 Å². The van der Waals surface area contributed by atoms with Crippen LogP contribution in [0.2, 0.25) is 18.1 Å². The van der Waals surface area contributed by atoms with Crippen molar-refractivity contribution in [3.05, 3.63) is 0 Å². The molecule has 1 N–H and O–H groups in total. The molecule has 0 aromatic carbocycles. The van der Waals surface area contributed by atoms with Gasteiger partial charge in [0.25, 0.3) is 0 Å². The lowest BCUT2D eigenvalue weighted by atomic mass is 9.95. The standard InChI is InChI=1S/C19H39NO4Si/c1-18(2,3)23-17(22)20-13-9-12-16(15(20)11-10-14-21)24-25(7,8)19(4,5)6/h15-16,21H,9-14H2,1-8H3/t15-,16-/m0/s1. The van der Waals surface area contributed by atoms with Crippen molar-refractivity contribution >= 4 is 14.4 Å². The Balaban J connectivity index is 2.97. The van der Waals surface area contributed by atoms with Crippen LogP contribution in [0.5, 0.6) is 0 Å². The molecule has 6 heteroatoms. The van der Waals surface area contributed by atoms with E-state index in [9.17, 15) is 9.90 Å². The average molecular weight is 374 g/mol. The number of nitrogens with zero attached hydrogens (tertiary/aromatic N) is 1. The molecule has 0 aliphatic carbocycles. The van der Waals surface area contributed by atoms with Crippen LogP contribution in [-0.2, 0) is 9.16 Å². The van der Waals surface area contributed by atoms with Crippen LogP contribution in [0.4, 0.5) is 4.79 Å². The summed E-state index contributed by atoms with van der Waals surface area (Å²) in [7, 11) is -1.93. The van der Waals surface area contributed by atoms with Gasteiger partial charge in [-0.25, -0.2) is 4.79 Å². The zero-order valence-electron chi connectivity index (χ0n) is 17.5. The fraction of sp³-hybridized carbons (Fsp3) is 0.947. The van der Waals surface area contributed by atoms with Crippen molar-refractivity contribution < 1.29 is 19.1 Å². The van der Waals surface area contributed by atoms with Crippen LogP contribution in [0.15, 0.2) is 0 Å². The monoisotopic (exact) mass is 373 g/mol. The molecule has 1 rings (SSSR count). The first kappa shape index (κ1) is 22.4. The van der Waals surface area contributed by atoms with Gasteiger partial charge in [-0.2, -0.15) is 0 Å². The second-order valence-corrected chi connectivity index (χ2v) is 14.4. The van der Waals surface area contributed by atoms with E-state index in [1.807, 2.05) is 25.7 Å². The van der Waals surface area contributed by atoms with Crippen molar-refractivity contribution in [2.45, 2.75) is 103 Å². The molecule has 0 aromatic heterocycles. The van der Waals surface area contributed by atoms with Crippen molar-refractivity contribution in [2.24, 2.45) is 0 Å². The maximum absolute atomic E-state index is 12.7. The van der Waals surface area contributed by atoms with Crippen LogP contribution in [0.25, 0.3) is 0 Å². The lowest BCUT2D eigenvalue weighted by molar-refractivity contribution is -0.0226. The van der Waals surface area contributed by atoms with E-state index in [2.05, 4.69) is 33.9 Å². The maximum Gasteiger partial charge on any atom is 0.410 e. The van der Waals surface area contributed by atoms with Crippen LogP contribution in [0, 0.1) is 0 Å². The highest BCUT2D eigenvalue weighted by atomic mass is 28.4. The fourth-order valence-electron chi connectivity index (χ4n) is 2.90. The van der Waals surface area contributed by atoms with Gasteiger partial charge in [-0.1, -0.05) is 20.8 Å². The van der Waals surface area contributed by atoms with Crippen LogP contribution >= 0.6 is 0 Å². The van der Waals surface area contributed by atoms with E-state index < -0.39 is 13.9 Å². The van der Waals surface area contributed by atoms with Gasteiger partial charge in [-0.3, -0.25) is 0 Å². The Kier molecular flexibility index (Phi) is 7.54. The summed E-state index contributed by atoms with van der Waals surface area (Å²) in [5, 5.41) is 9.42. The maximum atomic E-state index is 12.7. The normalized spacial score (nSPS) is 22.8. The summed E-state index contributed by atoms with van der Waals surface area (Å²) in [4.78, 5) is 14.5. The second kappa shape index (κ2) is 8.40. The lowest BCUT2D eigenvalue weighted by Crippen LogP contribution is -2.56. The second-order valence-electron chi connectivity index (χ2n) is 9.67. The molecule has 1 heterocycles. The molecule has 0 bridgehead atoms. The number of rotatable bonds is 5. The average Bonchev–Trinajstić information content (AvgIpc) is 2.42. The molecule has 1 saturated heterocycles. The highest BCUT2D eigenvalue weighted by molar-refractivity contribution is 6.74. The van der Waals surface area contributed by atoms with Crippen LogP contribution < -0.4 is 0 Å². The molecule has 0 unspecified atom stereocenters. The molecule has 0 radical (unpaired) electrons. The smallest absolute Gasteiger partial charge is 0.410 e. The highest BCUT2D eigenvalue weighted by Gasteiger charge is 2.44. The fourth-order valence-corrected chi connectivity index (χ4v) is 4.29. The molecule has 1 aliphatic rings. The van der Waals surface area contributed by atoms with Crippen LogP contribution in [0.1, 0.15) is 67.2 Å². The van der Waals surface area contributed by atoms with Gasteiger partial charge < -0.3 is 19.2 Å². The Hall–Kier alpha value is -0.593. The largest absolute Gasteiger partial charge is 0.444 e. The molecule has 1 aliphatic heterocycles. The van der Waals surface area contributed by atoms with Gasteiger partial charge >= 0.3 is 6.09 Å². The topological polar surface area (TPSA) is 59.0 Å². The number of carbonyl (C=O) groups excluding carboxylic acids is 1. The van der Waals surface area contributed by atoms with Crippen molar-refractivity contribution in [2.75, 3.05) is 13.2 Å². The first-order valence-corrected chi connectivity index (χ1v) is 12.5. The molecular weight excluding hydrogens is 334 g/mol. The third kappa shape index (κ3) is 6.57. The number of aliphatic hydroxyl groups excluding tert-OH is 1. The summed E-state index contributed by atoms with van der Waals surface area (Å²) in [6.07, 6.45) is 3.06. The Morgan fingerprint density at radius 1 is 1.20 bits per heavy atom. The summed E-state index contributed by atoms with van der Waals surface area (Å²) in [6.45, 7) is 17.7. The van der Waals surface area contributed by atoms with Gasteiger partial charge in [-0.05, 0) is 64.6 Å². The Morgan fingerprint density at radius 2 is 1.80 bits per heavy atom. The molecule has 1 fully saturated rings. The SMILES string of the molecule is CC(C)(C)OC(=O)N1CCC[C@H](O[Si](C)(C)C(C)(C)C)[C@@H]1CCCO. The first-order valence-electron chi connectivity index (χ1n) is 9.57. The zero-order valence-corrected chi connectivity index (χ0v) is 18.5. The number of aliphatic hydroxyl groups is 1. The third-order valence-electron chi connectivity index (χ3n) is 5.26. The molecule has 2 atom stereocenters. The third-order valence-corrected chi connectivity index (χ3v) is 9.76. The van der Waals surface area contributed by atoms with Crippen molar-refractivity contribution in [1.82, 2.24) is 4.90 Å². The number of carbonyl (C=O) groups is 1.